The molecule has 2 aliphatic heterocycles. The van der Waals surface area contributed by atoms with Crippen LogP contribution < -0.4 is 4.90 Å². The van der Waals surface area contributed by atoms with Gasteiger partial charge in [-0.05, 0) is 44.9 Å². The highest BCUT2D eigenvalue weighted by molar-refractivity contribution is 5.41. The molecule has 0 aromatic carbocycles. The molecule has 1 fully saturated rings. The Morgan fingerprint density at radius 1 is 1.26 bits per heavy atom. The van der Waals surface area contributed by atoms with Crippen LogP contribution in [0.25, 0.3) is 0 Å². The molecule has 0 bridgehead atoms. The largest absolute Gasteiger partial charge is 0.387 e. The van der Waals surface area contributed by atoms with Gasteiger partial charge in [-0.15, -0.1) is 0 Å². The highest BCUT2D eigenvalue weighted by Crippen LogP contribution is 2.42. The van der Waals surface area contributed by atoms with Gasteiger partial charge in [0.05, 0.1) is 29.4 Å². The summed E-state index contributed by atoms with van der Waals surface area (Å²) in [6.07, 6.45) is 7.00. The van der Waals surface area contributed by atoms with E-state index >= 15 is 0 Å². The van der Waals surface area contributed by atoms with Crippen molar-refractivity contribution in [2.75, 3.05) is 31.1 Å². The SMILES string of the molecule is CCCCN1CCc2[nH]cnc2C12CCN(c1cccc(C(C)O)n1)CC2. The van der Waals surface area contributed by atoms with E-state index < -0.39 is 6.10 Å². The van der Waals surface area contributed by atoms with Crippen LogP contribution in [-0.4, -0.2) is 51.1 Å². The lowest BCUT2D eigenvalue weighted by molar-refractivity contribution is 0.0430. The molecule has 6 nitrogen and oxygen atoms in total. The normalized spacial score (nSPS) is 20.6. The van der Waals surface area contributed by atoms with Crippen LogP contribution in [0.1, 0.15) is 62.7 Å². The van der Waals surface area contributed by atoms with Gasteiger partial charge in [0.15, 0.2) is 0 Å². The van der Waals surface area contributed by atoms with Gasteiger partial charge in [-0.1, -0.05) is 19.4 Å². The van der Waals surface area contributed by atoms with Crippen LogP contribution in [0.5, 0.6) is 0 Å². The maximum absolute atomic E-state index is 9.85. The van der Waals surface area contributed by atoms with E-state index in [1.165, 1.54) is 24.2 Å². The minimum atomic E-state index is -0.532. The van der Waals surface area contributed by atoms with Crippen molar-refractivity contribution < 1.29 is 5.11 Å². The van der Waals surface area contributed by atoms with E-state index in [1.807, 2.05) is 18.5 Å². The molecule has 0 aliphatic carbocycles. The molecule has 6 heteroatoms. The van der Waals surface area contributed by atoms with E-state index in [2.05, 4.69) is 32.8 Å². The van der Waals surface area contributed by atoms with Crippen LogP contribution in [0.2, 0.25) is 0 Å². The summed E-state index contributed by atoms with van der Waals surface area (Å²) in [6, 6.07) is 5.94. The summed E-state index contributed by atoms with van der Waals surface area (Å²) in [7, 11) is 0. The number of nitrogens with one attached hydrogen (secondary N) is 1. The first-order valence-electron chi connectivity index (χ1n) is 10.3. The van der Waals surface area contributed by atoms with Crippen molar-refractivity contribution in [2.45, 2.75) is 57.6 Å². The molecule has 146 valence electrons. The molecule has 2 N–H and O–H groups in total. The molecule has 2 aromatic rings. The predicted molar refractivity (Wildman–Crippen MR) is 107 cm³/mol. The number of aliphatic hydroxyl groups excluding tert-OH is 1. The lowest BCUT2D eigenvalue weighted by Gasteiger charge is -2.51. The summed E-state index contributed by atoms with van der Waals surface area (Å²) in [5.41, 5.74) is 3.39. The first-order valence-corrected chi connectivity index (χ1v) is 10.3. The number of aliphatic hydroxyl groups is 1. The molecule has 4 heterocycles. The second-order valence-electron chi connectivity index (χ2n) is 7.94. The van der Waals surface area contributed by atoms with Gasteiger partial charge in [-0.3, -0.25) is 4.90 Å². The van der Waals surface area contributed by atoms with Crippen molar-refractivity contribution in [3.05, 3.63) is 41.6 Å². The van der Waals surface area contributed by atoms with E-state index in [1.54, 1.807) is 6.92 Å². The fourth-order valence-electron chi connectivity index (χ4n) is 4.71. The summed E-state index contributed by atoms with van der Waals surface area (Å²) < 4.78 is 0. The van der Waals surface area contributed by atoms with Gasteiger partial charge in [-0.25, -0.2) is 9.97 Å². The molecular formula is C21H31N5O. The Kier molecular flexibility index (Phi) is 5.19. The summed E-state index contributed by atoms with van der Waals surface area (Å²) >= 11 is 0. The third kappa shape index (κ3) is 3.36. The van der Waals surface area contributed by atoms with Gasteiger partial charge in [0.2, 0.25) is 0 Å². The molecule has 4 rings (SSSR count). The molecule has 1 atom stereocenters. The van der Waals surface area contributed by atoms with E-state index in [4.69, 9.17) is 4.98 Å². The highest BCUT2D eigenvalue weighted by Gasteiger charge is 2.46. The molecule has 2 aliphatic rings. The van der Waals surface area contributed by atoms with Gasteiger partial charge in [0, 0.05) is 31.7 Å². The lowest BCUT2D eigenvalue weighted by Crippen LogP contribution is -2.56. The average Bonchev–Trinajstić information content (AvgIpc) is 3.18. The topological polar surface area (TPSA) is 68.3 Å². The Labute approximate surface area is 161 Å². The summed E-state index contributed by atoms with van der Waals surface area (Å²) in [5, 5.41) is 9.85. The molecule has 1 unspecified atom stereocenters. The Hall–Kier alpha value is -1.92. The number of piperidine rings is 1. The molecule has 0 amide bonds. The Balaban J connectivity index is 1.56. The van der Waals surface area contributed by atoms with Crippen LogP contribution in [0, 0.1) is 0 Å². The minimum absolute atomic E-state index is 0.0567. The summed E-state index contributed by atoms with van der Waals surface area (Å²) in [5.74, 6) is 0.974. The fraction of sp³-hybridized carbons (Fsp3) is 0.619. The maximum Gasteiger partial charge on any atom is 0.128 e. The molecule has 1 spiro atoms. The zero-order valence-electron chi connectivity index (χ0n) is 16.5. The van der Waals surface area contributed by atoms with Crippen LogP contribution in [0.4, 0.5) is 5.82 Å². The molecule has 0 saturated carbocycles. The van der Waals surface area contributed by atoms with E-state index in [-0.39, 0.29) is 5.54 Å². The molecule has 1 saturated heterocycles. The van der Waals surface area contributed by atoms with Crippen molar-refractivity contribution in [1.29, 1.82) is 0 Å². The summed E-state index contributed by atoms with van der Waals surface area (Å²) in [6.45, 7) is 8.23. The first-order chi connectivity index (χ1) is 13.1. The van der Waals surface area contributed by atoms with Crippen LogP contribution in [-0.2, 0) is 12.0 Å². The van der Waals surface area contributed by atoms with E-state index in [9.17, 15) is 5.11 Å². The molecule has 27 heavy (non-hydrogen) atoms. The second-order valence-corrected chi connectivity index (χ2v) is 7.94. The number of rotatable bonds is 5. The van der Waals surface area contributed by atoms with Gasteiger partial charge in [0.1, 0.15) is 5.82 Å². The average molecular weight is 370 g/mol. The molecule has 0 radical (unpaired) electrons. The number of H-pyrrole nitrogens is 1. The predicted octanol–water partition coefficient (Wildman–Crippen LogP) is 3.01. The third-order valence-electron chi connectivity index (χ3n) is 6.28. The van der Waals surface area contributed by atoms with Gasteiger partial charge < -0.3 is 15.0 Å². The van der Waals surface area contributed by atoms with Gasteiger partial charge >= 0.3 is 0 Å². The number of hydrogen-bond donors (Lipinski definition) is 2. The Bertz CT molecular complexity index is 763. The van der Waals surface area contributed by atoms with Crippen molar-refractivity contribution in [2.24, 2.45) is 0 Å². The number of unbranched alkanes of at least 4 members (excludes halogenated alkanes) is 1. The number of fused-ring (bicyclic) bond motifs is 2. The van der Waals surface area contributed by atoms with E-state index in [0.717, 1.165) is 57.0 Å². The number of hydrogen-bond acceptors (Lipinski definition) is 5. The van der Waals surface area contributed by atoms with Gasteiger partial charge in [-0.2, -0.15) is 0 Å². The van der Waals surface area contributed by atoms with Gasteiger partial charge in [0.25, 0.3) is 0 Å². The first kappa shape index (κ1) is 18.4. The quantitative estimate of drug-likeness (QED) is 0.848. The van der Waals surface area contributed by atoms with Crippen molar-refractivity contribution in [3.8, 4) is 0 Å². The smallest absolute Gasteiger partial charge is 0.128 e. The monoisotopic (exact) mass is 369 g/mol. The van der Waals surface area contributed by atoms with Crippen molar-refractivity contribution in [1.82, 2.24) is 19.9 Å². The summed E-state index contributed by atoms with van der Waals surface area (Å²) in [4.78, 5) is 17.9. The standard InChI is InChI=1S/C21H31N5O/c1-3-4-11-26-12-8-18-20(23-15-22-18)21(26)9-13-25(14-10-21)19-7-5-6-17(24-19)16(2)27/h5-7,15-16,27H,3-4,8-14H2,1-2H3,(H,22,23). The molecule has 2 aromatic heterocycles. The zero-order valence-corrected chi connectivity index (χ0v) is 16.5. The number of imidazole rings is 1. The maximum atomic E-state index is 9.85. The second kappa shape index (κ2) is 7.60. The third-order valence-corrected chi connectivity index (χ3v) is 6.28. The highest BCUT2D eigenvalue weighted by atomic mass is 16.3. The van der Waals surface area contributed by atoms with E-state index in [0.29, 0.717) is 0 Å². The number of aromatic nitrogens is 3. The van der Waals surface area contributed by atoms with Crippen molar-refractivity contribution in [3.63, 3.8) is 0 Å². The van der Waals surface area contributed by atoms with Crippen LogP contribution in [0.15, 0.2) is 24.5 Å². The van der Waals surface area contributed by atoms with Crippen LogP contribution >= 0.6 is 0 Å². The van der Waals surface area contributed by atoms with Crippen LogP contribution in [0.3, 0.4) is 0 Å². The number of pyridine rings is 1. The number of anilines is 1. The Morgan fingerprint density at radius 3 is 2.81 bits per heavy atom. The minimum Gasteiger partial charge on any atom is -0.387 e. The molecular weight excluding hydrogens is 338 g/mol. The number of aromatic amines is 1. The fourth-order valence-corrected chi connectivity index (χ4v) is 4.71. The Morgan fingerprint density at radius 2 is 2.07 bits per heavy atom. The zero-order chi connectivity index (χ0) is 18.9. The number of nitrogens with zero attached hydrogens (tertiary/aromatic N) is 4. The van der Waals surface area contributed by atoms with Crippen molar-refractivity contribution >= 4 is 5.82 Å². The lowest BCUT2D eigenvalue weighted by atomic mass is 9.78.